The van der Waals surface area contributed by atoms with E-state index in [4.69, 9.17) is 52.1 Å². The molecular formula is C58H70O11. The molecule has 0 saturated carbocycles. The lowest BCUT2D eigenvalue weighted by molar-refractivity contribution is -0.406. The molecule has 5 aromatic carbocycles. The first kappa shape index (κ1) is 49.6. The number of rotatable bonds is 19. The zero-order valence-corrected chi connectivity index (χ0v) is 40.6. The normalized spacial score (nSPS) is 33.6. The molecule has 4 heterocycles. The van der Waals surface area contributed by atoms with Crippen molar-refractivity contribution in [2.24, 2.45) is 23.7 Å². The second-order valence-electron chi connectivity index (χ2n) is 19.2. The maximum Gasteiger partial charge on any atom is 0.187 e. The van der Waals surface area contributed by atoms with Crippen molar-refractivity contribution in [2.45, 2.75) is 141 Å². The second-order valence-corrected chi connectivity index (χ2v) is 19.2. The van der Waals surface area contributed by atoms with Gasteiger partial charge in [-0.05, 0) is 46.4 Å². The summed E-state index contributed by atoms with van der Waals surface area (Å²) < 4.78 is 76.1. The smallest absolute Gasteiger partial charge is 0.187 e. The van der Waals surface area contributed by atoms with Crippen molar-refractivity contribution in [3.05, 3.63) is 179 Å². The molecular weight excluding hydrogens is 873 g/mol. The average molecular weight is 943 g/mol. The van der Waals surface area contributed by atoms with Crippen molar-refractivity contribution in [3.63, 3.8) is 0 Å². The van der Waals surface area contributed by atoms with Gasteiger partial charge in [-0.2, -0.15) is 0 Å². The Balaban J connectivity index is 1.05. The molecule has 7 unspecified atom stereocenters. The van der Waals surface area contributed by atoms with Crippen LogP contribution < -0.4 is 0 Å². The van der Waals surface area contributed by atoms with Crippen LogP contribution in [0.2, 0.25) is 0 Å². The minimum absolute atomic E-state index is 0.0586. The van der Waals surface area contributed by atoms with E-state index in [2.05, 4.69) is 83.1 Å². The highest BCUT2D eigenvalue weighted by Gasteiger charge is 2.56. The van der Waals surface area contributed by atoms with Gasteiger partial charge in [0.2, 0.25) is 0 Å². The fourth-order valence-corrected chi connectivity index (χ4v) is 10.1. The fourth-order valence-electron chi connectivity index (χ4n) is 10.1. The first-order valence-corrected chi connectivity index (χ1v) is 25.0. The zero-order chi connectivity index (χ0) is 47.5. The number of ether oxygens (including phenoxy) is 11. The van der Waals surface area contributed by atoms with Gasteiger partial charge in [-0.3, -0.25) is 0 Å². The van der Waals surface area contributed by atoms with E-state index >= 15 is 0 Å². The molecule has 0 amide bonds. The van der Waals surface area contributed by atoms with E-state index < -0.39 is 67.9 Å². The third kappa shape index (κ3) is 12.4. The first-order valence-electron chi connectivity index (χ1n) is 25.0. The number of hydrogen-bond donors (Lipinski definition) is 0. The lowest BCUT2D eigenvalue weighted by atomic mass is 9.82. The quantitative estimate of drug-likeness (QED) is 0.0791. The highest BCUT2D eigenvalue weighted by Crippen LogP contribution is 2.43. The summed E-state index contributed by atoms with van der Waals surface area (Å²) >= 11 is 0. The lowest BCUT2D eigenvalue weighted by Crippen LogP contribution is -2.67. The van der Waals surface area contributed by atoms with Gasteiger partial charge in [-0.15, -0.1) is 0 Å². The first-order chi connectivity index (χ1) is 33.8. The van der Waals surface area contributed by atoms with E-state index in [9.17, 15) is 0 Å². The van der Waals surface area contributed by atoms with E-state index in [0.29, 0.717) is 19.8 Å². The molecule has 69 heavy (non-hydrogen) atoms. The molecule has 4 aliphatic rings. The van der Waals surface area contributed by atoms with Gasteiger partial charge in [-0.1, -0.05) is 186 Å². The number of fused-ring (bicyclic) bond motifs is 1. The molecule has 0 N–H and O–H groups in total. The molecule has 11 heteroatoms. The Morgan fingerprint density at radius 1 is 0.435 bits per heavy atom. The standard InChI is InChI=1S/C58H70O11/c1-6-47-38(2)39(3)51(60-33-43-24-14-8-15-25-43)57(64-47)69-53-52-49(37-63-56(68-52)46-30-20-11-21-31-46)66-58(54(53)61-34-44-26-16-9-17-27-44)67-50-40(4)41(5)55(62-35-45-28-18-10-19-29-45)65-48(50)36-59-32-42-22-12-7-13-23-42/h7-31,38-41,47-58H,6,32-37H2,1-5H3/t38-,39?,40-,41?,47-,48?,49?,50-,51?,52+,53-,54?,55+,56?,57+,58-/m0/s1. The molecule has 0 aliphatic carbocycles. The summed E-state index contributed by atoms with van der Waals surface area (Å²) in [5.41, 5.74) is 5.10. The SMILES string of the molecule is CC[C@@H]1O[C@H](O[C@@H]2C(OCc3ccccc3)[C@H](O[C@@H]3C(COCc4ccccc4)O[C@@H](OCc4ccccc4)C(C)[C@@H]3C)OC3COC(c4ccccc4)O[C@H]32)C(OCc2ccccc2)C(C)[C@@H]1C. The monoisotopic (exact) mass is 942 g/mol. The van der Waals surface area contributed by atoms with Crippen LogP contribution >= 0.6 is 0 Å². The van der Waals surface area contributed by atoms with Crippen LogP contribution in [-0.4, -0.2) is 80.9 Å². The van der Waals surface area contributed by atoms with Crippen molar-refractivity contribution in [1.29, 1.82) is 0 Å². The maximum absolute atomic E-state index is 7.45. The van der Waals surface area contributed by atoms with Gasteiger partial charge in [0.15, 0.2) is 25.2 Å². The van der Waals surface area contributed by atoms with Crippen LogP contribution in [0, 0.1) is 23.7 Å². The largest absolute Gasteiger partial charge is 0.374 e. The number of benzene rings is 5. The third-order valence-corrected chi connectivity index (χ3v) is 14.5. The molecule has 4 aliphatic heterocycles. The van der Waals surface area contributed by atoms with Gasteiger partial charge in [0.1, 0.15) is 36.6 Å². The predicted octanol–water partition coefficient (Wildman–Crippen LogP) is 10.6. The van der Waals surface area contributed by atoms with Crippen molar-refractivity contribution in [1.82, 2.24) is 0 Å². The predicted molar refractivity (Wildman–Crippen MR) is 260 cm³/mol. The van der Waals surface area contributed by atoms with E-state index in [1.807, 2.05) is 103 Å². The van der Waals surface area contributed by atoms with Crippen LogP contribution in [0.25, 0.3) is 0 Å². The molecule has 0 radical (unpaired) electrons. The molecule has 0 spiro atoms. The van der Waals surface area contributed by atoms with Gasteiger partial charge in [0, 0.05) is 11.5 Å². The van der Waals surface area contributed by atoms with Gasteiger partial charge in [0.25, 0.3) is 0 Å². The molecule has 0 aromatic heterocycles. The molecule has 0 bridgehead atoms. The Bertz CT molecular complexity index is 2240. The summed E-state index contributed by atoms with van der Waals surface area (Å²) in [5.74, 6) is 0.202. The van der Waals surface area contributed by atoms with Crippen molar-refractivity contribution < 1.29 is 52.1 Å². The van der Waals surface area contributed by atoms with Crippen LogP contribution in [0.1, 0.15) is 75.1 Å². The van der Waals surface area contributed by atoms with E-state index in [1.165, 1.54) is 0 Å². The number of hydrogen-bond acceptors (Lipinski definition) is 11. The van der Waals surface area contributed by atoms with Crippen molar-refractivity contribution in [2.75, 3.05) is 13.2 Å². The Morgan fingerprint density at radius 3 is 1.49 bits per heavy atom. The highest BCUT2D eigenvalue weighted by atomic mass is 16.8. The van der Waals surface area contributed by atoms with Crippen LogP contribution in [0.3, 0.4) is 0 Å². The maximum atomic E-state index is 7.45. The Hall–Kier alpha value is -4.34. The van der Waals surface area contributed by atoms with E-state index in [0.717, 1.165) is 34.2 Å². The topological polar surface area (TPSA) is 102 Å². The van der Waals surface area contributed by atoms with Crippen molar-refractivity contribution >= 4 is 0 Å². The van der Waals surface area contributed by atoms with Crippen LogP contribution in [0.4, 0.5) is 0 Å². The molecule has 16 atom stereocenters. The minimum atomic E-state index is -0.951. The molecule has 368 valence electrons. The molecule has 4 saturated heterocycles. The third-order valence-electron chi connectivity index (χ3n) is 14.5. The fraction of sp³-hybridized carbons (Fsp3) is 0.483. The Kier molecular flexibility index (Phi) is 17.4. The molecule has 11 nitrogen and oxygen atoms in total. The average Bonchev–Trinajstić information content (AvgIpc) is 3.39. The Labute approximate surface area is 408 Å². The molecule has 4 fully saturated rings. The summed E-state index contributed by atoms with van der Waals surface area (Å²) in [7, 11) is 0. The lowest BCUT2D eigenvalue weighted by Gasteiger charge is -2.53. The Morgan fingerprint density at radius 2 is 0.913 bits per heavy atom. The van der Waals surface area contributed by atoms with E-state index in [-0.39, 0.29) is 49.6 Å². The van der Waals surface area contributed by atoms with Crippen LogP contribution in [0.5, 0.6) is 0 Å². The summed E-state index contributed by atoms with van der Waals surface area (Å²) in [6, 6.07) is 50.6. The van der Waals surface area contributed by atoms with Gasteiger partial charge < -0.3 is 52.1 Å². The summed E-state index contributed by atoms with van der Waals surface area (Å²) in [5, 5.41) is 0. The summed E-state index contributed by atoms with van der Waals surface area (Å²) in [4.78, 5) is 0. The van der Waals surface area contributed by atoms with Crippen LogP contribution in [-0.2, 0) is 78.5 Å². The van der Waals surface area contributed by atoms with Gasteiger partial charge >= 0.3 is 0 Å². The highest BCUT2D eigenvalue weighted by molar-refractivity contribution is 5.18. The minimum Gasteiger partial charge on any atom is -0.374 e. The van der Waals surface area contributed by atoms with Crippen LogP contribution in [0.15, 0.2) is 152 Å². The summed E-state index contributed by atoms with van der Waals surface area (Å²) in [6.07, 6.45) is -6.37. The summed E-state index contributed by atoms with van der Waals surface area (Å²) in [6.45, 7) is 13.0. The molecule has 5 aromatic rings. The zero-order valence-electron chi connectivity index (χ0n) is 40.6. The van der Waals surface area contributed by atoms with E-state index in [1.54, 1.807) is 0 Å². The second kappa shape index (κ2) is 24.2. The van der Waals surface area contributed by atoms with Gasteiger partial charge in [-0.25, -0.2) is 0 Å². The van der Waals surface area contributed by atoms with Gasteiger partial charge in [0.05, 0.1) is 51.8 Å². The molecule has 9 rings (SSSR count). The van der Waals surface area contributed by atoms with Crippen molar-refractivity contribution in [3.8, 4) is 0 Å².